The first kappa shape index (κ1) is 34.6. The highest BCUT2D eigenvalue weighted by Gasteiger charge is 2.48. The van der Waals surface area contributed by atoms with Gasteiger partial charge in [-0.2, -0.15) is 0 Å². The van der Waals surface area contributed by atoms with E-state index < -0.39 is 5.41 Å². The largest absolute Gasteiger partial charge is 0.310 e. The Hall–Kier alpha value is -7.42. The number of rotatable bonds is 5. The van der Waals surface area contributed by atoms with Gasteiger partial charge in [0.1, 0.15) is 0 Å². The lowest BCUT2D eigenvalue weighted by Gasteiger charge is -2.43. The summed E-state index contributed by atoms with van der Waals surface area (Å²) in [5, 5.41) is 2.52. The molecule has 0 saturated carbocycles. The molecular weight excluding hydrogens is 725 g/mol. The van der Waals surface area contributed by atoms with Crippen LogP contribution in [0.3, 0.4) is 0 Å². The van der Waals surface area contributed by atoms with Gasteiger partial charge in [-0.3, -0.25) is 0 Å². The van der Waals surface area contributed by atoms with E-state index in [0.29, 0.717) is 0 Å². The van der Waals surface area contributed by atoms with Crippen molar-refractivity contribution < 1.29 is 0 Å². The molecule has 1 aliphatic carbocycles. The van der Waals surface area contributed by atoms with Gasteiger partial charge in [0.05, 0.1) is 27.8 Å². The molecule has 2 aliphatic rings. The van der Waals surface area contributed by atoms with Gasteiger partial charge in [-0.15, -0.1) is 0 Å². The van der Waals surface area contributed by atoms with Crippen LogP contribution in [0.1, 0.15) is 47.2 Å². The molecule has 0 N–H and O–H groups in total. The van der Waals surface area contributed by atoms with Crippen molar-refractivity contribution in [2.75, 3.05) is 4.90 Å². The summed E-state index contributed by atoms with van der Waals surface area (Å²) >= 11 is 0. The topological polar surface area (TPSA) is 8.17 Å². The van der Waals surface area contributed by atoms with E-state index in [1.165, 1.54) is 94.5 Å². The summed E-state index contributed by atoms with van der Waals surface area (Å²) in [5.74, 6) is 0. The molecule has 0 saturated heterocycles. The lowest BCUT2D eigenvalue weighted by molar-refractivity contribution is 0.631. The first-order valence-corrected chi connectivity index (χ1v) is 21.0. The molecule has 1 aromatic heterocycles. The molecule has 2 heterocycles. The molecule has 9 aromatic carbocycles. The normalized spacial score (nSPS) is 14.4. The third-order valence-electron chi connectivity index (χ3n) is 13.4. The van der Waals surface area contributed by atoms with E-state index in [9.17, 15) is 0 Å². The Morgan fingerprint density at radius 1 is 0.350 bits per heavy atom. The lowest BCUT2D eigenvalue weighted by Crippen LogP contribution is -2.32. The zero-order valence-corrected chi connectivity index (χ0v) is 33.7. The fraction of sp³-hybridized carbons (Fsp3) is 0.0690. The number of aromatic nitrogens is 1. The van der Waals surface area contributed by atoms with E-state index in [4.69, 9.17) is 0 Å². The molecule has 2 heteroatoms. The zero-order valence-electron chi connectivity index (χ0n) is 33.7. The van der Waals surface area contributed by atoms with Crippen molar-refractivity contribution in [3.05, 3.63) is 252 Å². The first-order valence-electron chi connectivity index (χ1n) is 21.0. The van der Waals surface area contributed by atoms with Crippen LogP contribution >= 0.6 is 0 Å². The van der Waals surface area contributed by atoms with E-state index >= 15 is 0 Å². The SMILES string of the molecule is CC1(C)c2cc(-c3ccc4c(c3)c3ccccc3n4-c3ccccc3)ccc2N(c2ccccc2)c2cc3c(cc21)-c1ccccc1C3(c1ccccc1)c1ccccc1. The quantitative estimate of drug-likeness (QED) is 0.169. The van der Waals surface area contributed by atoms with Crippen LogP contribution in [-0.4, -0.2) is 4.57 Å². The smallest absolute Gasteiger partial charge is 0.0714 e. The molecule has 0 amide bonds. The maximum absolute atomic E-state index is 2.53. The Balaban J connectivity index is 1.09. The molecule has 284 valence electrons. The summed E-state index contributed by atoms with van der Waals surface area (Å²) in [4.78, 5) is 2.51. The molecule has 1 aliphatic heterocycles. The Labute approximate surface area is 351 Å². The predicted octanol–water partition coefficient (Wildman–Crippen LogP) is 14.9. The fourth-order valence-corrected chi connectivity index (χ4v) is 10.7. The number of nitrogens with zero attached hydrogens (tertiary/aromatic N) is 2. The van der Waals surface area contributed by atoms with Crippen molar-refractivity contribution in [1.82, 2.24) is 4.57 Å². The van der Waals surface area contributed by atoms with Crippen molar-refractivity contribution in [3.63, 3.8) is 0 Å². The second kappa shape index (κ2) is 13.0. The van der Waals surface area contributed by atoms with Crippen LogP contribution in [0.2, 0.25) is 0 Å². The monoisotopic (exact) mass is 766 g/mol. The molecule has 0 radical (unpaired) electrons. The average Bonchev–Trinajstić information content (AvgIpc) is 3.80. The van der Waals surface area contributed by atoms with Gasteiger partial charge in [0.25, 0.3) is 0 Å². The maximum atomic E-state index is 2.53. The molecule has 10 aromatic rings. The molecule has 60 heavy (non-hydrogen) atoms. The van der Waals surface area contributed by atoms with Crippen LogP contribution in [0.5, 0.6) is 0 Å². The number of benzene rings is 9. The van der Waals surface area contributed by atoms with Gasteiger partial charge in [0.15, 0.2) is 0 Å². The average molecular weight is 767 g/mol. The van der Waals surface area contributed by atoms with Crippen LogP contribution in [0.25, 0.3) is 49.7 Å². The van der Waals surface area contributed by atoms with Crippen molar-refractivity contribution in [1.29, 1.82) is 0 Å². The van der Waals surface area contributed by atoms with Crippen molar-refractivity contribution in [2.24, 2.45) is 0 Å². The number of hydrogen-bond acceptors (Lipinski definition) is 1. The van der Waals surface area contributed by atoms with Crippen LogP contribution in [0.4, 0.5) is 17.1 Å². The molecule has 0 bridgehead atoms. The minimum atomic E-state index is -0.484. The van der Waals surface area contributed by atoms with Crippen molar-refractivity contribution >= 4 is 38.9 Å². The Bertz CT molecular complexity index is 3230. The van der Waals surface area contributed by atoms with E-state index in [-0.39, 0.29) is 5.41 Å². The highest BCUT2D eigenvalue weighted by atomic mass is 15.2. The summed E-state index contributed by atoms with van der Waals surface area (Å²) in [6, 6.07) is 81.0. The fourth-order valence-electron chi connectivity index (χ4n) is 10.7. The van der Waals surface area contributed by atoms with Gasteiger partial charge in [-0.05, 0) is 122 Å². The van der Waals surface area contributed by atoms with E-state index in [0.717, 1.165) is 5.69 Å². The van der Waals surface area contributed by atoms with E-state index in [1.54, 1.807) is 0 Å². The predicted molar refractivity (Wildman–Crippen MR) is 250 cm³/mol. The molecular formula is C58H42N2. The third kappa shape index (κ3) is 4.82. The second-order valence-electron chi connectivity index (χ2n) is 16.9. The highest BCUT2D eigenvalue weighted by molar-refractivity contribution is 6.10. The number of fused-ring (bicyclic) bond motifs is 8. The van der Waals surface area contributed by atoms with Gasteiger partial charge >= 0.3 is 0 Å². The zero-order chi connectivity index (χ0) is 40.0. The molecule has 12 rings (SSSR count). The summed E-state index contributed by atoms with van der Waals surface area (Å²) in [7, 11) is 0. The molecule has 0 atom stereocenters. The summed E-state index contributed by atoms with van der Waals surface area (Å²) < 4.78 is 2.39. The van der Waals surface area contributed by atoms with Crippen molar-refractivity contribution in [3.8, 4) is 27.9 Å². The van der Waals surface area contributed by atoms with Gasteiger partial charge in [0.2, 0.25) is 0 Å². The molecule has 0 spiro atoms. The van der Waals surface area contributed by atoms with Gasteiger partial charge < -0.3 is 9.47 Å². The number of hydrogen-bond donors (Lipinski definition) is 0. The van der Waals surface area contributed by atoms with Gasteiger partial charge in [-0.1, -0.05) is 166 Å². The molecule has 0 unspecified atom stereocenters. The number of para-hydroxylation sites is 3. The van der Waals surface area contributed by atoms with Crippen LogP contribution in [0.15, 0.2) is 218 Å². The van der Waals surface area contributed by atoms with E-state index in [2.05, 4.69) is 242 Å². The van der Waals surface area contributed by atoms with Crippen LogP contribution < -0.4 is 4.90 Å². The second-order valence-corrected chi connectivity index (χ2v) is 16.9. The number of anilines is 3. The summed E-state index contributed by atoms with van der Waals surface area (Å²) in [6.07, 6.45) is 0. The first-order chi connectivity index (χ1) is 29.5. The summed E-state index contributed by atoms with van der Waals surface area (Å²) in [5.41, 5.74) is 19.3. The van der Waals surface area contributed by atoms with Crippen molar-refractivity contribution in [2.45, 2.75) is 24.7 Å². The summed E-state index contributed by atoms with van der Waals surface area (Å²) in [6.45, 7) is 4.84. The minimum absolute atomic E-state index is 0.311. The molecule has 2 nitrogen and oxygen atoms in total. The van der Waals surface area contributed by atoms with Crippen LogP contribution in [0, 0.1) is 0 Å². The Kier molecular flexibility index (Phi) is 7.52. The van der Waals surface area contributed by atoms with E-state index in [1.807, 2.05) is 0 Å². The van der Waals surface area contributed by atoms with Gasteiger partial charge in [0, 0.05) is 27.6 Å². The lowest BCUT2D eigenvalue weighted by atomic mass is 9.66. The standard InChI is InChI=1S/C58H42N2/c1-57(2)51-36-40(39-31-33-54-48(35-39)46-28-16-18-30-53(46)59(54)43-23-11-5-12-24-43)32-34-55(51)60(44-25-13-6-14-26-44)56-38-50-47(37-52(56)57)45-27-15-17-29-49(45)58(50,41-19-7-3-8-20-41)42-21-9-4-10-22-42/h3-38H,1-2H3. The Morgan fingerprint density at radius 2 is 0.900 bits per heavy atom. The highest BCUT2D eigenvalue weighted by Crippen LogP contribution is 2.61. The van der Waals surface area contributed by atoms with Crippen LogP contribution in [-0.2, 0) is 10.8 Å². The minimum Gasteiger partial charge on any atom is -0.310 e. The van der Waals surface area contributed by atoms with Gasteiger partial charge in [-0.25, -0.2) is 0 Å². The Morgan fingerprint density at radius 3 is 1.62 bits per heavy atom. The third-order valence-corrected chi connectivity index (χ3v) is 13.4. The maximum Gasteiger partial charge on any atom is 0.0714 e. The molecule has 0 fully saturated rings.